The summed E-state index contributed by atoms with van der Waals surface area (Å²) < 4.78 is 1.01. The Morgan fingerprint density at radius 1 is 1.11 bits per heavy atom. The van der Waals surface area contributed by atoms with Crippen LogP contribution in [0.3, 0.4) is 0 Å². The van der Waals surface area contributed by atoms with Crippen molar-refractivity contribution in [2.45, 2.75) is 12.8 Å². The number of hydrogen-bond donors (Lipinski definition) is 0. The first kappa shape index (κ1) is 15.0. The summed E-state index contributed by atoms with van der Waals surface area (Å²) in [7, 11) is 0. The molecule has 2 rings (SSSR count). The number of hydrogen-bond acceptors (Lipinski definition) is 1. The van der Waals surface area contributed by atoms with E-state index in [1.165, 1.54) is 5.56 Å². The summed E-state index contributed by atoms with van der Waals surface area (Å²) in [6.45, 7) is 0. The molecule has 0 amide bonds. The number of aromatic nitrogens is 1. The molecule has 100 valence electrons. The lowest BCUT2D eigenvalue weighted by molar-refractivity contribution is 0.582. The third-order valence-corrected chi connectivity index (χ3v) is 4.72. The summed E-state index contributed by atoms with van der Waals surface area (Å²) in [6.07, 6.45) is 3.75. The summed E-state index contributed by atoms with van der Waals surface area (Å²) >= 11 is 13.2. The van der Waals surface area contributed by atoms with Gasteiger partial charge in [0.25, 0.3) is 0 Å². The maximum atomic E-state index is 6.21. The standard InChI is InChI=1S/C15H14Br2ClN/c16-9-11(7-12-3-1-2-4-15(12)18)8-14-6-5-13(17)10-19-14/h1-6,10-11H,7-9H2. The zero-order valence-corrected chi connectivity index (χ0v) is 14.2. The van der Waals surface area contributed by atoms with Crippen LogP contribution in [0.4, 0.5) is 0 Å². The summed E-state index contributed by atoms with van der Waals surface area (Å²) in [4.78, 5) is 4.43. The lowest BCUT2D eigenvalue weighted by Gasteiger charge is -2.14. The summed E-state index contributed by atoms with van der Waals surface area (Å²) in [6, 6.07) is 12.1. The molecule has 2 aromatic rings. The van der Waals surface area contributed by atoms with Crippen LogP contribution < -0.4 is 0 Å². The molecule has 0 saturated heterocycles. The Bertz CT molecular complexity index is 528. The predicted octanol–water partition coefficient (Wildman–Crippen LogP) is 5.29. The molecular formula is C15H14Br2ClN. The van der Waals surface area contributed by atoms with Crippen LogP contribution in [0.25, 0.3) is 0 Å². The Balaban J connectivity index is 2.05. The van der Waals surface area contributed by atoms with E-state index in [0.29, 0.717) is 5.92 Å². The van der Waals surface area contributed by atoms with Crippen molar-refractivity contribution >= 4 is 43.5 Å². The minimum atomic E-state index is 0.494. The van der Waals surface area contributed by atoms with Crippen LogP contribution in [0.1, 0.15) is 11.3 Å². The molecule has 0 aliphatic carbocycles. The molecule has 0 saturated carbocycles. The Hall–Kier alpha value is -0.380. The van der Waals surface area contributed by atoms with Crippen LogP contribution in [0.5, 0.6) is 0 Å². The van der Waals surface area contributed by atoms with Gasteiger partial charge in [-0.2, -0.15) is 0 Å². The van der Waals surface area contributed by atoms with Crippen molar-refractivity contribution in [3.8, 4) is 0 Å². The predicted molar refractivity (Wildman–Crippen MR) is 88.1 cm³/mol. The van der Waals surface area contributed by atoms with E-state index >= 15 is 0 Å². The molecule has 0 N–H and O–H groups in total. The zero-order chi connectivity index (χ0) is 13.7. The van der Waals surface area contributed by atoms with Gasteiger partial charge in [-0.25, -0.2) is 0 Å². The van der Waals surface area contributed by atoms with E-state index in [4.69, 9.17) is 11.6 Å². The van der Waals surface area contributed by atoms with Crippen LogP contribution in [0.15, 0.2) is 47.1 Å². The molecule has 1 aromatic heterocycles. The highest BCUT2D eigenvalue weighted by Crippen LogP contribution is 2.22. The van der Waals surface area contributed by atoms with Crippen molar-refractivity contribution in [2.24, 2.45) is 5.92 Å². The fourth-order valence-corrected chi connectivity index (χ4v) is 2.88. The topological polar surface area (TPSA) is 12.9 Å². The normalized spacial score (nSPS) is 12.4. The number of nitrogens with zero attached hydrogens (tertiary/aromatic N) is 1. The number of benzene rings is 1. The monoisotopic (exact) mass is 401 g/mol. The van der Waals surface area contributed by atoms with Gasteiger partial charge in [-0.05, 0) is 58.5 Å². The number of pyridine rings is 1. The first-order chi connectivity index (χ1) is 9.19. The van der Waals surface area contributed by atoms with Crippen molar-refractivity contribution in [1.29, 1.82) is 0 Å². The largest absolute Gasteiger partial charge is 0.260 e. The highest BCUT2D eigenvalue weighted by atomic mass is 79.9. The first-order valence-electron chi connectivity index (χ1n) is 6.09. The maximum absolute atomic E-state index is 6.21. The molecule has 19 heavy (non-hydrogen) atoms. The number of halogens is 3. The van der Waals surface area contributed by atoms with Crippen LogP contribution in [-0.2, 0) is 12.8 Å². The van der Waals surface area contributed by atoms with Crippen LogP contribution in [0.2, 0.25) is 5.02 Å². The van der Waals surface area contributed by atoms with E-state index in [0.717, 1.165) is 33.4 Å². The van der Waals surface area contributed by atoms with Gasteiger partial charge in [0.2, 0.25) is 0 Å². The second kappa shape index (κ2) is 7.41. The molecule has 1 unspecified atom stereocenters. The minimum Gasteiger partial charge on any atom is -0.260 e. The molecular weight excluding hydrogens is 389 g/mol. The molecule has 0 spiro atoms. The molecule has 0 aliphatic heterocycles. The van der Waals surface area contributed by atoms with E-state index in [9.17, 15) is 0 Å². The first-order valence-corrected chi connectivity index (χ1v) is 8.38. The second-order valence-corrected chi connectivity index (χ2v) is 6.46. The van der Waals surface area contributed by atoms with Crippen molar-refractivity contribution in [2.75, 3.05) is 5.33 Å². The van der Waals surface area contributed by atoms with Gasteiger partial charge in [-0.1, -0.05) is 45.7 Å². The molecule has 4 heteroatoms. The van der Waals surface area contributed by atoms with Gasteiger partial charge in [-0.15, -0.1) is 0 Å². The third-order valence-electron chi connectivity index (χ3n) is 2.97. The molecule has 0 fully saturated rings. The van der Waals surface area contributed by atoms with Crippen molar-refractivity contribution < 1.29 is 0 Å². The Morgan fingerprint density at radius 3 is 2.53 bits per heavy atom. The van der Waals surface area contributed by atoms with Gasteiger partial charge < -0.3 is 0 Å². The minimum absolute atomic E-state index is 0.494. The van der Waals surface area contributed by atoms with Crippen molar-refractivity contribution in [3.63, 3.8) is 0 Å². The van der Waals surface area contributed by atoms with E-state index in [2.05, 4.69) is 49.0 Å². The van der Waals surface area contributed by atoms with Gasteiger partial charge in [-0.3, -0.25) is 4.98 Å². The lowest BCUT2D eigenvalue weighted by Crippen LogP contribution is -2.11. The van der Waals surface area contributed by atoms with E-state index in [1.807, 2.05) is 30.5 Å². The van der Waals surface area contributed by atoms with Crippen LogP contribution >= 0.6 is 43.5 Å². The van der Waals surface area contributed by atoms with E-state index in [-0.39, 0.29) is 0 Å². The maximum Gasteiger partial charge on any atom is 0.0438 e. The molecule has 1 atom stereocenters. The molecule has 0 aliphatic rings. The average molecular weight is 404 g/mol. The average Bonchev–Trinajstić information content (AvgIpc) is 2.43. The summed E-state index contributed by atoms with van der Waals surface area (Å²) in [5.41, 5.74) is 2.31. The quantitative estimate of drug-likeness (QED) is 0.618. The Kier molecular flexibility index (Phi) is 5.86. The second-order valence-electron chi connectivity index (χ2n) is 4.49. The van der Waals surface area contributed by atoms with Gasteiger partial charge in [0.1, 0.15) is 0 Å². The highest BCUT2D eigenvalue weighted by Gasteiger charge is 2.12. The van der Waals surface area contributed by atoms with Crippen LogP contribution in [0, 0.1) is 5.92 Å². The highest BCUT2D eigenvalue weighted by molar-refractivity contribution is 9.10. The molecule has 1 nitrogen and oxygen atoms in total. The molecule has 1 heterocycles. The van der Waals surface area contributed by atoms with Gasteiger partial charge >= 0.3 is 0 Å². The SMILES string of the molecule is Clc1ccccc1CC(CBr)Cc1ccc(Br)cn1. The molecule has 0 radical (unpaired) electrons. The Labute approximate surface area is 135 Å². The van der Waals surface area contributed by atoms with E-state index in [1.54, 1.807) is 0 Å². The molecule has 1 aromatic carbocycles. The third kappa shape index (κ3) is 4.59. The summed E-state index contributed by atoms with van der Waals surface area (Å²) in [5, 5.41) is 1.79. The van der Waals surface area contributed by atoms with E-state index < -0.39 is 0 Å². The smallest absolute Gasteiger partial charge is 0.0438 e. The Morgan fingerprint density at radius 2 is 1.89 bits per heavy atom. The lowest BCUT2D eigenvalue weighted by atomic mass is 9.96. The van der Waals surface area contributed by atoms with Gasteiger partial charge in [0.05, 0.1) is 0 Å². The zero-order valence-electron chi connectivity index (χ0n) is 10.3. The van der Waals surface area contributed by atoms with Crippen molar-refractivity contribution in [3.05, 3.63) is 63.3 Å². The van der Waals surface area contributed by atoms with Crippen LogP contribution in [-0.4, -0.2) is 10.3 Å². The van der Waals surface area contributed by atoms with Crippen molar-refractivity contribution in [1.82, 2.24) is 4.98 Å². The number of alkyl halides is 1. The van der Waals surface area contributed by atoms with Gasteiger partial charge in [0, 0.05) is 26.7 Å². The van der Waals surface area contributed by atoms with Gasteiger partial charge in [0.15, 0.2) is 0 Å². The fraction of sp³-hybridized carbons (Fsp3) is 0.267. The fourth-order valence-electron chi connectivity index (χ4n) is 1.98. The number of rotatable bonds is 5. The summed E-state index contributed by atoms with van der Waals surface area (Å²) in [5.74, 6) is 0.494. The molecule has 0 bridgehead atoms.